The number of methoxy groups -OCH3 is 2. The van der Waals surface area contributed by atoms with Crippen LogP contribution in [0.3, 0.4) is 0 Å². The van der Waals surface area contributed by atoms with Crippen LogP contribution in [0.4, 0.5) is 0 Å². The van der Waals surface area contributed by atoms with Crippen molar-refractivity contribution in [1.29, 1.82) is 0 Å². The normalized spacial score (nSPS) is 12.0. The van der Waals surface area contributed by atoms with Gasteiger partial charge in [0.05, 0.1) is 14.2 Å². The monoisotopic (exact) mass is 285 g/mol. The van der Waals surface area contributed by atoms with Crippen molar-refractivity contribution in [3.8, 4) is 11.5 Å². The largest absolute Gasteiger partial charge is 0.493 e. The van der Waals surface area contributed by atoms with Gasteiger partial charge < -0.3 is 14.8 Å². The van der Waals surface area contributed by atoms with E-state index in [9.17, 15) is 0 Å². The molecule has 0 fully saturated rings. The molecule has 112 valence electrons. The molecule has 1 unspecified atom stereocenters. The molecule has 3 nitrogen and oxygen atoms in total. The maximum atomic E-state index is 5.54. The zero-order valence-electron chi connectivity index (χ0n) is 12.9. The molecule has 0 aliphatic carbocycles. The van der Waals surface area contributed by atoms with Crippen molar-refractivity contribution in [2.75, 3.05) is 21.3 Å². The quantitative estimate of drug-likeness (QED) is 0.843. The summed E-state index contributed by atoms with van der Waals surface area (Å²) in [6.07, 6.45) is 2.02. The number of ether oxygens (including phenoxy) is 2. The lowest BCUT2D eigenvalue weighted by Gasteiger charge is -2.21. The maximum Gasteiger partial charge on any atom is 0.165 e. The highest BCUT2D eigenvalue weighted by molar-refractivity contribution is 5.48. The fourth-order valence-electron chi connectivity index (χ4n) is 2.60. The van der Waals surface area contributed by atoms with E-state index in [-0.39, 0.29) is 6.04 Å². The summed E-state index contributed by atoms with van der Waals surface area (Å²) < 4.78 is 10.9. The van der Waals surface area contributed by atoms with E-state index in [2.05, 4.69) is 35.6 Å². The molecule has 0 aromatic heterocycles. The predicted octanol–water partition coefficient (Wildman–Crippen LogP) is 3.60. The van der Waals surface area contributed by atoms with Gasteiger partial charge in [-0.05, 0) is 31.5 Å². The van der Waals surface area contributed by atoms with E-state index < -0.39 is 0 Å². The fraction of sp³-hybridized carbons (Fsp3) is 0.333. The van der Waals surface area contributed by atoms with Crippen LogP contribution in [-0.4, -0.2) is 21.3 Å². The van der Waals surface area contributed by atoms with Gasteiger partial charge in [-0.2, -0.15) is 0 Å². The maximum absolute atomic E-state index is 5.54. The summed E-state index contributed by atoms with van der Waals surface area (Å²) in [7, 11) is 5.33. The van der Waals surface area contributed by atoms with E-state index in [0.29, 0.717) is 0 Å². The van der Waals surface area contributed by atoms with Crippen LogP contribution < -0.4 is 14.8 Å². The summed E-state index contributed by atoms with van der Waals surface area (Å²) in [5, 5.41) is 3.38. The molecule has 2 rings (SSSR count). The lowest BCUT2D eigenvalue weighted by Crippen LogP contribution is -2.18. The number of hydrogen-bond donors (Lipinski definition) is 1. The minimum atomic E-state index is 0.232. The highest BCUT2D eigenvalue weighted by Gasteiger charge is 2.17. The van der Waals surface area contributed by atoms with E-state index in [1.807, 2.05) is 25.2 Å². The Bertz CT molecular complexity index is 554. The molecule has 0 radical (unpaired) electrons. The third kappa shape index (κ3) is 3.76. The Morgan fingerprint density at radius 3 is 2.33 bits per heavy atom. The molecule has 0 amide bonds. The Balaban J connectivity index is 2.17. The van der Waals surface area contributed by atoms with Crippen LogP contribution >= 0.6 is 0 Å². The molecule has 0 spiro atoms. The molecule has 0 saturated carbocycles. The van der Waals surface area contributed by atoms with Gasteiger partial charge in [0.1, 0.15) is 0 Å². The molecule has 1 atom stereocenters. The van der Waals surface area contributed by atoms with Gasteiger partial charge in [0.15, 0.2) is 11.5 Å². The van der Waals surface area contributed by atoms with E-state index in [4.69, 9.17) is 9.47 Å². The molecule has 3 heteroatoms. The molecule has 2 aromatic carbocycles. The summed E-state index contributed by atoms with van der Waals surface area (Å²) in [5.41, 5.74) is 2.48. The second-order valence-electron chi connectivity index (χ2n) is 4.95. The van der Waals surface area contributed by atoms with Crippen molar-refractivity contribution in [1.82, 2.24) is 5.32 Å². The molecular weight excluding hydrogens is 262 g/mol. The van der Waals surface area contributed by atoms with Crippen LogP contribution in [-0.2, 0) is 6.42 Å². The first kappa shape index (κ1) is 15.4. The zero-order valence-corrected chi connectivity index (χ0v) is 12.9. The van der Waals surface area contributed by atoms with Gasteiger partial charge in [-0.25, -0.2) is 0 Å². The highest BCUT2D eigenvalue weighted by atomic mass is 16.5. The molecule has 1 N–H and O–H groups in total. The van der Waals surface area contributed by atoms with Crippen molar-refractivity contribution in [2.24, 2.45) is 0 Å². The first-order chi connectivity index (χ1) is 10.3. The minimum absolute atomic E-state index is 0.232. The summed E-state index contributed by atoms with van der Waals surface area (Å²) in [4.78, 5) is 0. The molecule has 0 aliphatic heterocycles. The molecule has 0 saturated heterocycles. The molecular formula is C18H23NO2. The molecule has 0 bridgehead atoms. The summed E-state index contributed by atoms with van der Waals surface area (Å²) in [6, 6.07) is 16.8. The van der Waals surface area contributed by atoms with Gasteiger partial charge in [-0.1, -0.05) is 42.5 Å². The Morgan fingerprint density at radius 1 is 0.952 bits per heavy atom. The smallest absolute Gasteiger partial charge is 0.165 e. The lowest BCUT2D eigenvalue weighted by molar-refractivity contribution is 0.346. The first-order valence-corrected chi connectivity index (χ1v) is 7.22. The van der Waals surface area contributed by atoms with Crippen molar-refractivity contribution in [2.45, 2.75) is 18.9 Å². The van der Waals surface area contributed by atoms with Gasteiger partial charge in [0.25, 0.3) is 0 Å². The first-order valence-electron chi connectivity index (χ1n) is 7.22. The number of nitrogens with one attached hydrogen (secondary N) is 1. The van der Waals surface area contributed by atoms with Gasteiger partial charge in [0, 0.05) is 11.6 Å². The van der Waals surface area contributed by atoms with E-state index >= 15 is 0 Å². The van der Waals surface area contributed by atoms with E-state index in [1.54, 1.807) is 14.2 Å². The predicted molar refractivity (Wildman–Crippen MR) is 86.1 cm³/mol. The number of rotatable bonds is 7. The molecule has 0 aliphatic rings. The van der Waals surface area contributed by atoms with Crippen LogP contribution in [0, 0.1) is 0 Å². The third-order valence-corrected chi connectivity index (χ3v) is 3.72. The average molecular weight is 285 g/mol. The second kappa shape index (κ2) is 7.70. The third-order valence-electron chi connectivity index (χ3n) is 3.72. The van der Waals surface area contributed by atoms with E-state index in [0.717, 1.165) is 29.9 Å². The van der Waals surface area contributed by atoms with Crippen molar-refractivity contribution < 1.29 is 9.47 Å². The summed E-state index contributed by atoms with van der Waals surface area (Å²) in [6.45, 7) is 0. The van der Waals surface area contributed by atoms with E-state index in [1.165, 1.54) is 5.56 Å². The number of hydrogen-bond acceptors (Lipinski definition) is 3. The standard InChI is InChI=1S/C18H23NO2/c1-19-16(13-12-14-8-5-4-6-9-14)15-10-7-11-17(20-2)18(15)21-3/h4-11,16,19H,12-13H2,1-3H3. The highest BCUT2D eigenvalue weighted by Crippen LogP contribution is 2.35. The minimum Gasteiger partial charge on any atom is -0.493 e. The van der Waals surface area contributed by atoms with Crippen LogP contribution in [0.2, 0.25) is 0 Å². The van der Waals surface area contributed by atoms with Crippen LogP contribution in [0.15, 0.2) is 48.5 Å². The average Bonchev–Trinajstić information content (AvgIpc) is 2.56. The fourth-order valence-corrected chi connectivity index (χ4v) is 2.60. The molecule has 21 heavy (non-hydrogen) atoms. The van der Waals surface area contributed by atoms with Crippen LogP contribution in [0.25, 0.3) is 0 Å². The van der Waals surface area contributed by atoms with Crippen LogP contribution in [0.1, 0.15) is 23.6 Å². The second-order valence-corrected chi connectivity index (χ2v) is 4.95. The number of benzene rings is 2. The SMILES string of the molecule is CNC(CCc1ccccc1)c1cccc(OC)c1OC. The van der Waals surface area contributed by atoms with Crippen molar-refractivity contribution >= 4 is 0 Å². The van der Waals surface area contributed by atoms with Crippen molar-refractivity contribution in [3.63, 3.8) is 0 Å². The summed E-state index contributed by atoms with van der Waals surface area (Å²) >= 11 is 0. The Hall–Kier alpha value is -2.00. The zero-order chi connectivity index (χ0) is 15.1. The molecule has 2 aromatic rings. The lowest BCUT2D eigenvalue weighted by atomic mass is 9.98. The van der Waals surface area contributed by atoms with Gasteiger partial charge >= 0.3 is 0 Å². The van der Waals surface area contributed by atoms with Crippen molar-refractivity contribution in [3.05, 3.63) is 59.7 Å². The number of para-hydroxylation sites is 1. The van der Waals surface area contributed by atoms with Gasteiger partial charge in [-0.3, -0.25) is 0 Å². The van der Waals surface area contributed by atoms with Crippen LogP contribution in [0.5, 0.6) is 11.5 Å². The van der Waals surface area contributed by atoms with Gasteiger partial charge in [0.2, 0.25) is 0 Å². The Kier molecular flexibility index (Phi) is 5.64. The Morgan fingerprint density at radius 2 is 1.71 bits per heavy atom. The topological polar surface area (TPSA) is 30.5 Å². The number of aryl methyl sites for hydroxylation is 1. The molecule has 0 heterocycles. The summed E-state index contributed by atoms with van der Waals surface area (Å²) in [5.74, 6) is 1.59. The van der Waals surface area contributed by atoms with Gasteiger partial charge in [-0.15, -0.1) is 0 Å². The Labute approximate surface area is 126 Å².